The number of likely N-dealkylation sites (N-methyl/N-ethyl adjacent to an activating group) is 1. The number of hydrogen-bond donors (Lipinski definition) is 2. The first-order chi connectivity index (χ1) is 7.54. The fourth-order valence-corrected chi connectivity index (χ4v) is 1.54. The fourth-order valence-electron chi connectivity index (χ4n) is 1.54. The van der Waals surface area contributed by atoms with Crippen LogP contribution < -0.4 is 5.32 Å². The van der Waals surface area contributed by atoms with Crippen LogP contribution in [0.4, 0.5) is 0 Å². The highest BCUT2D eigenvalue weighted by molar-refractivity contribution is 4.79. The molecule has 0 saturated heterocycles. The molecule has 1 atom stereocenters. The summed E-state index contributed by atoms with van der Waals surface area (Å²) in [6, 6.07) is 0. The Bertz CT molecular complexity index is 156. The van der Waals surface area contributed by atoms with Crippen molar-refractivity contribution < 1.29 is 9.84 Å². The first-order valence-corrected chi connectivity index (χ1v) is 6.41. The maximum atomic E-state index is 9.18. The largest absolute Gasteiger partial charge is 0.394 e. The van der Waals surface area contributed by atoms with Gasteiger partial charge in [0.15, 0.2) is 0 Å². The summed E-state index contributed by atoms with van der Waals surface area (Å²) in [5, 5.41) is 12.3. The minimum atomic E-state index is -0.151. The monoisotopic (exact) mass is 231 g/mol. The van der Waals surface area contributed by atoms with Crippen LogP contribution in [0.2, 0.25) is 0 Å². The fraction of sp³-hybridized carbons (Fsp3) is 1.00. The number of aliphatic hydroxyl groups is 1. The van der Waals surface area contributed by atoms with Gasteiger partial charge in [0.05, 0.1) is 6.61 Å². The van der Waals surface area contributed by atoms with E-state index in [0.29, 0.717) is 0 Å². The molecular weight excluding hydrogens is 202 g/mol. The molecule has 0 bridgehead atoms. The van der Waals surface area contributed by atoms with Crippen LogP contribution in [0.3, 0.4) is 0 Å². The van der Waals surface area contributed by atoms with Crippen molar-refractivity contribution in [1.29, 1.82) is 0 Å². The van der Waals surface area contributed by atoms with Gasteiger partial charge in [0.1, 0.15) is 0 Å². The molecule has 98 valence electrons. The molecule has 0 aromatic carbocycles. The van der Waals surface area contributed by atoms with Gasteiger partial charge < -0.3 is 15.2 Å². The van der Waals surface area contributed by atoms with Gasteiger partial charge in [-0.3, -0.25) is 0 Å². The zero-order valence-corrected chi connectivity index (χ0v) is 11.4. The Hall–Kier alpha value is -0.120. The molecule has 0 aliphatic rings. The standard InChI is InChI=1S/C13H29NO2/c1-12(2)7-5-9-16-10-6-8-13(3,11-15)14-4/h12,14-15H,5-11H2,1-4H3. The van der Waals surface area contributed by atoms with Crippen molar-refractivity contribution in [2.24, 2.45) is 5.92 Å². The maximum absolute atomic E-state index is 9.18. The first-order valence-electron chi connectivity index (χ1n) is 6.41. The summed E-state index contributed by atoms with van der Waals surface area (Å²) < 4.78 is 5.56. The van der Waals surface area contributed by atoms with Crippen LogP contribution in [0.25, 0.3) is 0 Å². The van der Waals surface area contributed by atoms with Gasteiger partial charge in [0.2, 0.25) is 0 Å². The Morgan fingerprint density at radius 3 is 2.38 bits per heavy atom. The quantitative estimate of drug-likeness (QED) is 0.566. The average Bonchev–Trinajstić information content (AvgIpc) is 2.27. The van der Waals surface area contributed by atoms with Crippen molar-refractivity contribution >= 4 is 0 Å². The second-order valence-electron chi connectivity index (χ2n) is 5.22. The molecule has 0 amide bonds. The van der Waals surface area contributed by atoms with Crippen LogP contribution in [0.5, 0.6) is 0 Å². The summed E-state index contributed by atoms with van der Waals surface area (Å²) in [5.41, 5.74) is -0.151. The molecule has 16 heavy (non-hydrogen) atoms. The van der Waals surface area contributed by atoms with Crippen molar-refractivity contribution in [1.82, 2.24) is 5.32 Å². The number of nitrogens with one attached hydrogen (secondary N) is 1. The third-order valence-electron chi connectivity index (χ3n) is 3.04. The molecule has 3 heteroatoms. The van der Waals surface area contributed by atoms with Crippen molar-refractivity contribution in [3.8, 4) is 0 Å². The summed E-state index contributed by atoms with van der Waals surface area (Å²) in [6.07, 6.45) is 4.34. The van der Waals surface area contributed by atoms with Gasteiger partial charge in [0.25, 0.3) is 0 Å². The third-order valence-corrected chi connectivity index (χ3v) is 3.04. The lowest BCUT2D eigenvalue weighted by molar-refractivity contribution is 0.108. The van der Waals surface area contributed by atoms with E-state index in [0.717, 1.165) is 38.4 Å². The van der Waals surface area contributed by atoms with Crippen molar-refractivity contribution in [3.05, 3.63) is 0 Å². The van der Waals surface area contributed by atoms with Gasteiger partial charge in [-0.1, -0.05) is 13.8 Å². The molecule has 0 fully saturated rings. The average molecular weight is 231 g/mol. The molecular formula is C13H29NO2. The van der Waals surface area contributed by atoms with Gasteiger partial charge in [-0.25, -0.2) is 0 Å². The Morgan fingerprint density at radius 1 is 1.25 bits per heavy atom. The first kappa shape index (κ1) is 15.9. The lowest BCUT2D eigenvalue weighted by atomic mass is 9.97. The molecule has 3 nitrogen and oxygen atoms in total. The van der Waals surface area contributed by atoms with Crippen LogP contribution in [0.1, 0.15) is 46.5 Å². The molecule has 0 aliphatic heterocycles. The summed E-state index contributed by atoms with van der Waals surface area (Å²) in [7, 11) is 1.89. The zero-order chi connectivity index (χ0) is 12.4. The second-order valence-corrected chi connectivity index (χ2v) is 5.22. The Labute approximate surface area is 101 Å². The minimum absolute atomic E-state index is 0.151. The zero-order valence-electron chi connectivity index (χ0n) is 11.4. The van der Waals surface area contributed by atoms with Crippen molar-refractivity contribution in [2.45, 2.75) is 52.0 Å². The van der Waals surface area contributed by atoms with E-state index >= 15 is 0 Å². The minimum Gasteiger partial charge on any atom is -0.394 e. The lowest BCUT2D eigenvalue weighted by Gasteiger charge is -2.26. The summed E-state index contributed by atoms with van der Waals surface area (Å²) in [5.74, 6) is 0.769. The van der Waals surface area contributed by atoms with Crippen LogP contribution in [-0.4, -0.2) is 37.5 Å². The van der Waals surface area contributed by atoms with Gasteiger partial charge in [-0.15, -0.1) is 0 Å². The molecule has 0 aromatic rings. The van der Waals surface area contributed by atoms with E-state index in [4.69, 9.17) is 4.74 Å². The number of aliphatic hydroxyl groups excluding tert-OH is 1. The van der Waals surface area contributed by atoms with Crippen molar-refractivity contribution in [2.75, 3.05) is 26.9 Å². The van der Waals surface area contributed by atoms with Crippen LogP contribution >= 0.6 is 0 Å². The van der Waals surface area contributed by atoms with E-state index in [2.05, 4.69) is 19.2 Å². The lowest BCUT2D eigenvalue weighted by Crippen LogP contribution is -2.43. The highest BCUT2D eigenvalue weighted by Gasteiger charge is 2.19. The summed E-state index contributed by atoms with van der Waals surface area (Å²) in [4.78, 5) is 0. The molecule has 0 rings (SSSR count). The number of rotatable bonds is 10. The highest BCUT2D eigenvalue weighted by Crippen LogP contribution is 2.11. The second kappa shape index (κ2) is 8.97. The van der Waals surface area contributed by atoms with E-state index in [1.165, 1.54) is 6.42 Å². The predicted molar refractivity (Wildman–Crippen MR) is 68.7 cm³/mol. The molecule has 0 heterocycles. The van der Waals surface area contributed by atoms with Gasteiger partial charge in [-0.05, 0) is 45.6 Å². The summed E-state index contributed by atoms with van der Waals surface area (Å²) in [6.45, 7) is 8.35. The van der Waals surface area contributed by atoms with Crippen molar-refractivity contribution in [3.63, 3.8) is 0 Å². The normalized spacial score (nSPS) is 15.4. The SMILES string of the molecule is CNC(C)(CO)CCCOCCCC(C)C. The van der Waals surface area contributed by atoms with Gasteiger partial charge in [0, 0.05) is 18.8 Å². The molecule has 0 saturated carbocycles. The van der Waals surface area contributed by atoms with Crippen LogP contribution in [0, 0.1) is 5.92 Å². The highest BCUT2D eigenvalue weighted by atomic mass is 16.5. The maximum Gasteiger partial charge on any atom is 0.0610 e. The molecule has 0 spiro atoms. The number of ether oxygens (including phenoxy) is 1. The molecule has 0 radical (unpaired) electrons. The molecule has 0 aromatic heterocycles. The Morgan fingerprint density at radius 2 is 1.88 bits per heavy atom. The molecule has 1 unspecified atom stereocenters. The van der Waals surface area contributed by atoms with Crippen LogP contribution in [-0.2, 0) is 4.74 Å². The molecule has 2 N–H and O–H groups in total. The van der Waals surface area contributed by atoms with E-state index in [1.54, 1.807) is 0 Å². The smallest absolute Gasteiger partial charge is 0.0610 e. The van der Waals surface area contributed by atoms with Gasteiger partial charge >= 0.3 is 0 Å². The topological polar surface area (TPSA) is 41.5 Å². The van der Waals surface area contributed by atoms with Gasteiger partial charge in [-0.2, -0.15) is 0 Å². The van der Waals surface area contributed by atoms with E-state index in [9.17, 15) is 5.11 Å². The van der Waals surface area contributed by atoms with E-state index < -0.39 is 0 Å². The third kappa shape index (κ3) is 8.08. The van der Waals surface area contributed by atoms with E-state index in [-0.39, 0.29) is 12.1 Å². The Kier molecular flexibility index (Phi) is 8.90. The van der Waals surface area contributed by atoms with Crippen LogP contribution in [0.15, 0.2) is 0 Å². The predicted octanol–water partition coefficient (Wildman–Crippen LogP) is 2.19. The number of hydrogen-bond acceptors (Lipinski definition) is 3. The molecule has 0 aliphatic carbocycles. The van der Waals surface area contributed by atoms with E-state index in [1.807, 2.05) is 14.0 Å². The Balaban J connectivity index is 3.33. The summed E-state index contributed by atoms with van der Waals surface area (Å²) >= 11 is 0.